The second-order valence-electron chi connectivity index (χ2n) is 8.02. The zero-order chi connectivity index (χ0) is 24.5. The SMILES string of the molecule is C=CCN1C(=O)N[C@@H](c2ccccc2C(F)(F)F)C2=C1CN(CC(=O)NN1CCOCC1)C2=O. The number of ether oxygens (including phenoxy) is 1. The molecule has 0 saturated carbocycles. The highest BCUT2D eigenvalue weighted by atomic mass is 19.4. The highest BCUT2D eigenvalue weighted by Gasteiger charge is 2.46. The number of morpholine rings is 1. The lowest BCUT2D eigenvalue weighted by Gasteiger charge is -2.33. The number of hydrogen-bond donors (Lipinski definition) is 2. The molecule has 12 heteroatoms. The van der Waals surface area contributed by atoms with Gasteiger partial charge in [-0.3, -0.25) is 19.9 Å². The third-order valence-electron chi connectivity index (χ3n) is 5.81. The van der Waals surface area contributed by atoms with E-state index in [0.717, 1.165) is 6.07 Å². The quantitative estimate of drug-likeness (QED) is 0.602. The number of halogens is 3. The fourth-order valence-corrected chi connectivity index (χ4v) is 4.30. The smallest absolute Gasteiger partial charge is 0.379 e. The van der Waals surface area contributed by atoms with Crippen LogP contribution in [-0.4, -0.2) is 78.6 Å². The van der Waals surface area contributed by atoms with Crippen LogP contribution in [0.25, 0.3) is 0 Å². The number of alkyl halides is 3. The largest absolute Gasteiger partial charge is 0.416 e. The molecule has 0 aliphatic carbocycles. The van der Waals surface area contributed by atoms with Gasteiger partial charge in [0.2, 0.25) is 0 Å². The fraction of sp³-hybridized carbons (Fsp3) is 0.409. The van der Waals surface area contributed by atoms with Crippen molar-refractivity contribution < 1.29 is 32.3 Å². The maximum Gasteiger partial charge on any atom is 0.416 e. The van der Waals surface area contributed by atoms with Crippen LogP contribution in [0, 0.1) is 0 Å². The van der Waals surface area contributed by atoms with Crippen LogP contribution in [-0.2, 0) is 20.5 Å². The third kappa shape index (κ3) is 4.64. The van der Waals surface area contributed by atoms with Gasteiger partial charge in [-0.25, -0.2) is 9.80 Å². The number of hydrogen-bond acceptors (Lipinski definition) is 5. The summed E-state index contributed by atoms with van der Waals surface area (Å²) in [6.45, 7) is 5.18. The molecule has 1 aromatic carbocycles. The Morgan fingerprint density at radius 1 is 1.24 bits per heavy atom. The molecule has 9 nitrogen and oxygen atoms in total. The van der Waals surface area contributed by atoms with E-state index in [2.05, 4.69) is 17.3 Å². The van der Waals surface area contributed by atoms with Crippen molar-refractivity contribution >= 4 is 17.8 Å². The Morgan fingerprint density at radius 3 is 2.62 bits per heavy atom. The Morgan fingerprint density at radius 2 is 1.94 bits per heavy atom. The van der Waals surface area contributed by atoms with Gasteiger partial charge in [0.05, 0.1) is 42.6 Å². The predicted molar refractivity (Wildman–Crippen MR) is 114 cm³/mol. The molecular formula is C22H24F3N5O4. The molecule has 1 fully saturated rings. The molecular weight excluding hydrogens is 455 g/mol. The number of carbonyl (C=O) groups is 3. The Kier molecular flexibility index (Phi) is 6.62. The van der Waals surface area contributed by atoms with E-state index in [1.807, 2.05) is 0 Å². The number of carbonyl (C=O) groups excluding carboxylic acids is 3. The van der Waals surface area contributed by atoms with Crippen molar-refractivity contribution in [3.8, 4) is 0 Å². The first-order valence-electron chi connectivity index (χ1n) is 10.7. The molecule has 1 atom stereocenters. The predicted octanol–water partition coefficient (Wildman–Crippen LogP) is 1.42. The van der Waals surface area contributed by atoms with E-state index in [4.69, 9.17) is 4.74 Å². The first-order chi connectivity index (χ1) is 16.2. The summed E-state index contributed by atoms with van der Waals surface area (Å²) in [5.74, 6) is -1.06. The summed E-state index contributed by atoms with van der Waals surface area (Å²) >= 11 is 0. The molecule has 0 bridgehead atoms. The fourth-order valence-electron chi connectivity index (χ4n) is 4.30. The van der Waals surface area contributed by atoms with E-state index < -0.39 is 35.6 Å². The number of rotatable bonds is 6. The molecule has 3 aliphatic heterocycles. The van der Waals surface area contributed by atoms with Crippen molar-refractivity contribution in [3.05, 3.63) is 59.3 Å². The van der Waals surface area contributed by atoms with Crippen molar-refractivity contribution in [3.63, 3.8) is 0 Å². The standard InChI is InChI=1S/C22H24F3N5O4/c1-2-7-30-16-12-28(13-17(31)27-29-8-10-34-11-9-29)20(32)18(16)19(26-21(30)33)14-5-3-4-6-15(14)22(23,24)25/h2-6,19H,1,7-13H2,(H,26,33)(H,27,31)/t19-/m0/s1. The van der Waals surface area contributed by atoms with Crippen LogP contribution in [0.5, 0.6) is 0 Å². The lowest BCUT2D eigenvalue weighted by Crippen LogP contribution is -2.51. The number of nitrogens with one attached hydrogen (secondary N) is 2. The molecule has 0 spiro atoms. The van der Waals surface area contributed by atoms with Crippen LogP contribution in [0.3, 0.4) is 0 Å². The van der Waals surface area contributed by atoms with Crippen LogP contribution in [0.2, 0.25) is 0 Å². The summed E-state index contributed by atoms with van der Waals surface area (Å²) in [7, 11) is 0. The Balaban J connectivity index is 1.63. The van der Waals surface area contributed by atoms with Crippen LogP contribution >= 0.6 is 0 Å². The highest BCUT2D eigenvalue weighted by Crippen LogP contribution is 2.41. The van der Waals surface area contributed by atoms with Crippen molar-refractivity contribution in [2.45, 2.75) is 12.2 Å². The Labute approximate surface area is 193 Å². The molecule has 3 heterocycles. The van der Waals surface area contributed by atoms with Gasteiger partial charge in [-0.2, -0.15) is 13.2 Å². The number of amides is 4. The van der Waals surface area contributed by atoms with E-state index in [1.54, 1.807) is 5.01 Å². The number of hydrazine groups is 1. The molecule has 34 heavy (non-hydrogen) atoms. The minimum Gasteiger partial charge on any atom is -0.379 e. The van der Waals surface area contributed by atoms with Crippen molar-refractivity contribution in [2.24, 2.45) is 0 Å². The lowest BCUT2D eigenvalue weighted by molar-refractivity contribution is -0.138. The number of benzene rings is 1. The molecule has 1 saturated heterocycles. The molecule has 4 rings (SSSR count). The zero-order valence-corrected chi connectivity index (χ0v) is 18.2. The van der Waals surface area contributed by atoms with Crippen LogP contribution in [0.15, 0.2) is 48.2 Å². The summed E-state index contributed by atoms with van der Waals surface area (Å²) < 4.78 is 46.3. The Bertz CT molecular complexity index is 1040. The zero-order valence-electron chi connectivity index (χ0n) is 18.2. The molecule has 0 unspecified atom stereocenters. The first kappa shape index (κ1) is 23.8. The summed E-state index contributed by atoms with van der Waals surface area (Å²) in [4.78, 5) is 41.2. The van der Waals surface area contributed by atoms with Gasteiger partial charge >= 0.3 is 12.2 Å². The van der Waals surface area contributed by atoms with Gasteiger partial charge in [0.15, 0.2) is 0 Å². The van der Waals surface area contributed by atoms with Gasteiger partial charge < -0.3 is 15.0 Å². The van der Waals surface area contributed by atoms with Crippen LogP contribution in [0.4, 0.5) is 18.0 Å². The summed E-state index contributed by atoms with van der Waals surface area (Å²) in [6, 6.07) is 2.86. The van der Waals surface area contributed by atoms with Gasteiger partial charge in [0.25, 0.3) is 11.8 Å². The van der Waals surface area contributed by atoms with Crippen molar-refractivity contribution in [1.29, 1.82) is 0 Å². The van der Waals surface area contributed by atoms with E-state index in [0.29, 0.717) is 26.3 Å². The molecule has 182 valence electrons. The molecule has 2 N–H and O–H groups in total. The number of nitrogens with zero attached hydrogens (tertiary/aromatic N) is 3. The maximum absolute atomic E-state index is 13.7. The second kappa shape index (κ2) is 9.47. The van der Waals surface area contributed by atoms with Gasteiger partial charge in [-0.15, -0.1) is 6.58 Å². The topological polar surface area (TPSA) is 94.2 Å². The average Bonchev–Trinajstić information content (AvgIpc) is 3.11. The Hall–Kier alpha value is -3.38. The molecule has 0 aromatic heterocycles. The van der Waals surface area contributed by atoms with E-state index >= 15 is 0 Å². The summed E-state index contributed by atoms with van der Waals surface area (Å²) in [5, 5.41) is 4.21. The minimum absolute atomic E-state index is 0.0114. The minimum atomic E-state index is -4.68. The molecule has 4 amide bonds. The van der Waals surface area contributed by atoms with Gasteiger partial charge in [0, 0.05) is 19.6 Å². The summed E-state index contributed by atoms with van der Waals surface area (Å²) in [6.07, 6.45) is -3.23. The van der Waals surface area contributed by atoms with Crippen molar-refractivity contribution in [1.82, 2.24) is 25.6 Å². The van der Waals surface area contributed by atoms with Gasteiger partial charge in [-0.05, 0) is 11.6 Å². The summed E-state index contributed by atoms with van der Waals surface area (Å²) in [5.41, 5.74) is 1.80. The van der Waals surface area contributed by atoms with E-state index in [-0.39, 0.29) is 36.5 Å². The second-order valence-corrected chi connectivity index (χ2v) is 8.02. The average molecular weight is 479 g/mol. The monoisotopic (exact) mass is 479 g/mol. The molecule has 1 aromatic rings. The van der Waals surface area contributed by atoms with Crippen LogP contribution in [0.1, 0.15) is 17.2 Å². The first-order valence-corrected chi connectivity index (χ1v) is 10.7. The molecule has 0 radical (unpaired) electrons. The normalized spacial score (nSPS) is 21.4. The maximum atomic E-state index is 13.7. The van der Waals surface area contributed by atoms with Gasteiger partial charge in [-0.1, -0.05) is 24.3 Å². The molecule has 3 aliphatic rings. The van der Waals surface area contributed by atoms with Crippen molar-refractivity contribution in [2.75, 3.05) is 45.9 Å². The lowest BCUT2D eigenvalue weighted by atomic mass is 9.91. The van der Waals surface area contributed by atoms with E-state index in [1.165, 1.54) is 34.1 Å². The van der Waals surface area contributed by atoms with E-state index in [9.17, 15) is 27.6 Å². The number of urea groups is 1. The highest BCUT2D eigenvalue weighted by molar-refractivity contribution is 6.03. The third-order valence-corrected chi connectivity index (χ3v) is 5.81. The van der Waals surface area contributed by atoms with Gasteiger partial charge in [0.1, 0.15) is 6.54 Å². The van der Waals surface area contributed by atoms with Crippen LogP contribution < -0.4 is 10.7 Å².